The van der Waals surface area contributed by atoms with Crippen molar-refractivity contribution >= 4 is 5.91 Å². The van der Waals surface area contributed by atoms with Gasteiger partial charge in [-0.3, -0.25) is 9.69 Å². The predicted octanol–water partition coefficient (Wildman–Crippen LogP) is 4.60. The fraction of sp³-hybridized carbons (Fsp3) is 0.296. The summed E-state index contributed by atoms with van der Waals surface area (Å²) >= 11 is 0. The maximum Gasteiger partial charge on any atom is 0.239 e. The van der Waals surface area contributed by atoms with E-state index in [0.717, 1.165) is 23.1 Å². The number of carbonyl (C=O) groups excluding carboxylic acids is 1. The molecular formula is C27H29FN2O3. The number of methoxy groups -OCH3 is 2. The van der Waals surface area contributed by atoms with Crippen molar-refractivity contribution in [2.24, 2.45) is 5.73 Å². The Morgan fingerprint density at radius 1 is 1.06 bits per heavy atom. The first-order valence-electron chi connectivity index (χ1n) is 11.1. The maximum absolute atomic E-state index is 14.4. The fourth-order valence-corrected chi connectivity index (χ4v) is 4.83. The van der Waals surface area contributed by atoms with Gasteiger partial charge in [0, 0.05) is 12.6 Å². The van der Waals surface area contributed by atoms with Gasteiger partial charge in [-0.1, -0.05) is 48.5 Å². The summed E-state index contributed by atoms with van der Waals surface area (Å²) in [4.78, 5) is 14.8. The summed E-state index contributed by atoms with van der Waals surface area (Å²) in [6.07, 6.45) is 1.89. The molecule has 4 rings (SSSR count). The highest BCUT2D eigenvalue weighted by Crippen LogP contribution is 2.43. The molecule has 0 bridgehead atoms. The summed E-state index contributed by atoms with van der Waals surface area (Å²) in [6.45, 7) is 0.646. The van der Waals surface area contributed by atoms with Crippen molar-refractivity contribution in [3.8, 4) is 11.5 Å². The molecule has 0 spiro atoms. The minimum Gasteiger partial charge on any atom is -0.493 e. The lowest BCUT2D eigenvalue weighted by Gasteiger charge is -2.41. The zero-order valence-electron chi connectivity index (χ0n) is 19.0. The number of rotatable bonds is 8. The molecule has 2 atom stereocenters. The van der Waals surface area contributed by atoms with Gasteiger partial charge in [-0.25, -0.2) is 4.39 Å². The average Bonchev–Trinajstić information content (AvgIpc) is 2.83. The van der Waals surface area contributed by atoms with Crippen molar-refractivity contribution < 1.29 is 18.7 Å². The largest absolute Gasteiger partial charge is 0.493 e. The van der Waals surface area contributed by atoms with Crippen LogP contribution in [-0.2, 0) is 17.6 Å². The Morgan fingerprint density at radius 2 is 1.73 bits per heavy atom. The lowest BCUT2D eigenvalue weighted by Crippen LogP contribution is -2.44. The number of primary amides is 1. The van der Waals surface area contributed by atoms with Gasteiger partial charge < -0.3 is 15.2 Å². The van der Waals surface area contributed by atoms with E-state index in [1.807, 2.05) is 48.5 Å². The normalized spacial score (nSPS) is 16.6. The van der Waals surface area contributed by atoms with E-state index >= 15 is 0 Å². The summed E-state index contributed by atoms with van der Waals surface area (Å²) in [6, 6.07) is 19.7. The number of aryl methyl sites for hydroxylation is 1. The number of nitrogens with two attached hydrogens (primary N) is 1. The number of hydrogen-bond acceptors (Lipinski definition) is 4. The van der Waals surface area contributed by atoms with Gasteiger partial charge in [0.2, 0.25) is 5.91 Å². The molecule has 33 heavy (non-hydrogen) atoms. The van der Waals surface area contributed by atoms with E-state index in [9.17, 15) is 9.18 Å². The first-order chi connectivity index (χ1) is 16.0. The second kappa shape index (κ2) is 10.0. The molecule has 3 aromatic carbocycles. The van der Waals surface area contributed by atoms with Crippen LogP contribution in [0.15, 0.2) is 66.7 Å². The molecule has 172 valence electrons. The number of ether oxygens (including phenoxy) is 2. The molecule has 5 nitrogen and oxygen atoms in total. The molecule has 6 heteroatoms. The van der Waals surface area contributed by atoms with E-state index in [-0.39, 0.29) is 11.9 Å². The van der Waals surface area contributed by atoms with Crippen LogP contribution < -0.4 is 15.2 Å². The average molecular weight is 449 g/mol. The van der Waals surface area contributed by atoms with E-state index in [2.05, 4.69) is 4.90 Å². The third-order valence-electron chi connectivity index (χ3n) is 6.41. The monoisotopic (exact) mass is 448 g/mol. The molecule has 1 aliphatic rings. The fourth-order valence-electron chi connectivity index (χ4n) is 4.83. The van der Waals surface area contributed by atoms with Gasteiger partial charge in [0.25, 0.3) is 0 Å². The van der Waals surface area contributed by atoms with Crippen LogP contribution >= 0.6 is 0 Å². The summed E-state index contributed by atoms with van der Waals surface area (Å²) < 4.78 is 25.4. The van der Waals surface area contributed by atoms with Gasteiger partial charge >= 0.3 is 0 Å². The number of amides is 1. The smallest absolute Gasteiger partial charge is 0.239 e. The van der Waals surface area contributed by atoms with Crippen molar-refractivity contribution in [1.29, 1.82) is 0 Å². The first kappa shape index (κ1) is 22.8. The van der Waals surface area contributed by atoms with E-state index < -0.39 is 11.9 Å². The van der Waals surface area contributed by atoms with Crippen LogP contribution in [0.25, 0.3) is 0 Å². The van der Waals surface area contributed by atoms with E-state index in [1.165, 1.54) is 6.07 Å². The summed E-state index contributed by atoms with van der Waals surface area (Å²) in [5.41, 5.74) is 9.63. The third-order valence-corrected chi connectivity index (χ3v) is 6.41. The quantitative estimate of drug-likeness (QED) is 0.547. The zero-order valence-corrected chi connectivity index (χ0v) is 19.0. The zero-order chi connectivity index (χ0) is 23.4. The SMILES string of the molecule is COc1cc2c(cc1OC)[C@H](CCc1ccccc1F)N([C@@H](C(N)=O)c1ccccc1)CC2. The van der Waals surface area contributed by atoms with Crippen LogP contribution in [0.1, 0.15) is 40.8 Å². The van der Waals surface area contributed by atoms with Crippen molar-refractivity contribution in [2.75, 3.05) is 20.8 Å². The Hall–Kier alpha value is -3.38. The molecule has 1 aliphatic heterocycles. The molecule has 0 aromatic heterocycles. The standard InChI is InChI=1S/C27H29FN2O3/c1-32-24-16-20-14-15-30(26(27(29)31)19-9-4-3-5-10-19)23(21(20)17-25(24)33-2)13-12-18-8-6-7-11-22(18)28/h3-11,16-17,23,26H,12-15H2,1-2H3,(H2,29,31)/t23-,26+/m0/s1. The Labute approximate surface area is 193 Å². The van der Waals surface area contributed by atoms with Crippen LogP contribution in [0, 0.1) is 5.82 Å². The van der Waals surface area contributed by atoms with Crippen molar-refractivity contribution in [2.45, 2.75) is 31.3 Å². The highest BCUT2D eigenvalue weighted by atomic mass is 19.1. The van der Waals surface area contributed by atoms with E-state index in [1.54, 1.807) is 26.4 Å². The van der Waals surface area contributed by atoms with E-state index in [0.29, 0.717) is 36.4 Å². The summed E-state index contributed by atoms with van der Waals surface area (Å²) in [5.74, 6) is 0.680. The topological polar surface area (TPSA) is 64.8 Å². The number of carbonyl (C=O) groups is 1. The molecule has 0 saturated heterocycles. The Kier molecular flexibility index (Phi) is 6.94. The molecule has 0 radical (unpaired) electrons. The Balaban J connectivity index is 1.77. The number of benzene rings is 3. The summed E-state index contributed by atoms with van der Waals surface area (Å²) in [7, 11) is 3.23. The number of halogens is 1. The minimum atomic E-state index is -0.585. The Morgan fingerprint density at radius 3 is 2.39 bits per heavy atom. The highest BCUT2D eigenvalue weighted by Gasteiger charge is 2.36. The molecule has 0 fully saturated rings. The molecule has 3 aromatic rings. The number of nitrogens with zero attached hydrogens (tertiary/aromatic N) is 1. The number of fused-ring (bicyclic) bond motifs is 1. The lowest BCUT2D eigenvalue weighted by molar-refractivity contribution is -0.124. The van der Waals surface area contributed by atoms with Gasteiger partial charge in [0.1, 0.15) is 11.9 Å². The van der Waals surface area contributed by atoms with Crippen molar-refractivity contribution in [3.05, 3.63) is 94.8 Å². The van der Waals surface area contributed by atoms with Gasteiger partial charge in [-0.15, -0.1) is 0 Å². The molecule has 0 saturated carbocycles. The molecular weight excluding hydrogens is 419 g/mol. The molecule has 0 unspecified atom stereocenters. The molecule has 1 heterocycles. The second-order valence-electron chi connectivity index (χ2n) is 8.26. The van der Waals surface area contributed by atoms with Gasteiger partial charge in [-0.2, -0.15) is 0 Å². The number of hydrogen-bond donors (Lipinski definition) is 1. The van der Waals surface area contributed by atoms with Gasteiger partial charge in [0.15, 0.2) is 11.5 Å². The van der Waals surface area contributed by atoms with E-state index in [4.69, 9.17) is 15.2 Å². The maximum atomic E-state index is 14.4. The second-order valence-corrected chi connectivity index (χ2v) is 8.26. The lowest BCUT2D eigenvalue weighted by atomic mass is 9.86. The van der Waals surface area contributed by atoms with Crippen LogP contribution in [0.5, 0.6) is 11.5 Å². The molecule has 1 amide bonds. The van der Waals surface area contributed by atoms with Crippen molar-refractivity contribution in [3.63, 3.8) is 0 Å². The van der Waals surface area contributed by atoms with Crippen LogP contribution in [0.3, 0.4) is 0 Å². The minimum absolute atomic E-state index is 0.147. The molecule has 0 aliphatic carbocycles. The van der Waals surface area contributed by atoms with Gasteiger partial charge in [-0.05, 0) is 59.7 Å². The van der Waals surface area contributed by atoms with Gasteiger partial charge in [0.05, 0.1) is 14.2 Å². The summed E-state index contributed by atoms with van der Waals surface area (Å²) in [5, 5.41) is 0. The molecule has 2 N–H and O–H groups in total. The van der Waals surface area contributed by atoms with Crippen LogP contribution in [-0.4, -0.2) is 31.6 Å². The Bertz CT molecular complexity index is 1120. The van der Waals surface area contributed by atoms with Crippen molar-refractivity contribution in [1.82, 2.24) is 4.90 Å². The first-order valence-corrected chi connectivity index (χ1v) is 11.1. The van der Waals surface area contributed by atoms with Crippen LogP contribution in [0.2, 0.25) is 0 Å². The van der Waals surface area contributed by atoms with Crippen LogP contribution in [0.4, 0.5) is 4.39 Å². The predicted molar refractivity (Wildman–Crippen MR) is 126 cm³/mol. The third kappa shape index (κ3) is 4.71. The highest BCUT2D eigenvalue weighted by molar-refractivity contribution is 5.81.